The molecule has 0 saturated heterocycles. The number of hydrogen-bond donors (Lipinski definition) is 1. The van der Waals surface area contributed by atoms with Crippen molar-refractivity contribution in [3.8, 4) is 0 Å². The highest BCUT2D eigenvalue weighted by atomic mass is 32.1. The van der Waals surface area contributed by atoms with E-state index in [-0.39, 0.29) is 0 Å². The first-order valence-electron chi connectivity index (χ1n) is 6.51. The average Bonchev–Trinajstić information content (AvgIpc) is 3.02. The summed E-state index contributed by atoms with van der Waals surface area (Å²) in [5.41, 5.74) is 1.92. The van der Waals surface area contributed by atoms with E-state index < -0.39 is 0 Å². The molecule has 0 bridgehead atoms. The van der Waals surface area contributed by atoms with E-state index in [1.165, 1.54) is 29.0 Å². The highest BCUT2D eigenvalue weighted by Crippen LogP contribution is 2.15. The van der Waals surface area contributed by atoms with Crippen LogP contribution in [0.3, 0.4) is 0 Å². The van der Waals surface area contributed by atoms with Gasteiger partial charge in [0.2, 0.25) is 0 Å². The molecule has 0 amide bonds. The van der Waals surface area contributed by atoms with Crippen LogP contribution in [0.5, 0.6) is 0 Å². The highest BCUT2D eigenvalue weighted by molar-refractivity contribution is 7.10. The normalized spacial score (nSPS) is 12.7. The molecule has 98 valence electrons. The van der Waals surface area contributed by atoms with Crippen LogP contribution in [-0.2, 0) is 12.8 Å². The number of aromatic nitrogens is 1. The van der Waals surface area contributed by atoms with Crippen LogP contribution in [-0.4, -0.2) is 17.6 Å². The Labute approximate surface area is 117 Å². The zero-order chi connectivity index (χ0) is 12.6. The summed E-state index contributed by atoms with van der Waals surface area (Å²) in [4.78, 5) is 7.04. The third-order valence-electron chi connectivity index (χ3n) is 2.98. The van der Waals surface area contributed by atoms with Crippen LogP contribution in [0.1, 0.15) is 29.5 Å². The number of nitrogens with zero attached hydrogens (tertiary/aromatic N) is 1. The van der Waals surface area contributed by atoms with Gasteiger partial charge in [-0.2, -0.15) is 0 Å². The van der Waals surface area contributed by atoms with Crippen molar-refractivity contribution in [3.05, 3.63) is 39.0 Å². The molecule has 1 unspecified atom stereocenters. The van der Waals surface area contributed by atoms with E-state index in [0.717, 1.165) is 13.0 Å². The lowest BCUT2D eigenvalue weighted by atomic mass is 10.1. The van der Waals surface area contributed by atoms with Gasteiger partial charge in [0.1, 0.15) is 0 Å². The molecule has 1 atom stereocenters. The van der Waals surface area contributed by atoms with E-state index in [1.807, 2.05) is 23.0 Å². The van der Waals surface area contributed by atoms with Crippen LogP contribution in [0.15, 0.2) is 29.2 Å². The van der Waals surface area contributed by atoms with Gasteiger partial charge in [-0.3, -0.25) is 4.98 Å². The molecule has 0 radical (unpaired) electrons. The topological polar surface area (TPSA) is 24.9 Å². The maximum absolute atomic E-state index is 4.15. The fourth-order valence-electron chi connectivity index (χ4n) is 2.13. The number of aryl methyl sites for hydroxylation is 1. The predicted molar refractivity (Wildman–Crippen MR) is 80.5 cm³/mol. The molecule has 2 heterocycles. The Morgan fingerprint density at radius 3 is 2.94 bits per heavy atom. The Balaban J connectivity index is 1.75. The minimum absolute atomic E-state index is 0.593. The van der Waals surface area contributed by atoms with E-state index in [9.17, 15) is 0 Å². The summed E-state index contributed by atoms with van der Waals surface area (Å²) in [7, 11) is 0. The van der Waals surface area contributed by atoms with Crippen molar-refractivity contribution in [2.75, 3.05) is 6.54 Å². The molecule has 2 aromatic rings. The Morgan fingerprint density at radius 1 is 1.33 bits per heavy atom. The van der Waals surface area contributed by atoms with Crippen molar-refractivity contribution in [2.24, 2.45) is 0 Å². The molecule has 1 N–H and O–H groups in total. The van der Waals surface area contributed by atoms with Gasteiger partial charge in [0.05, 0.1) is 5.51 Å². The monoisotopic (exact) mass is 280 g/mol. The van der Waals surface area contributed by atoms with E-state index in [4.69, 9.17) is 0 Å². The zero-order valence-corrected chi connectivity index (χ0v) is 12.4. The van der Waals surface area contributed by atoms with Gasteiger partial charge < -0.3 is 5.32 Å². The van der Waals surface area contributed by atoms with Gasteiger partial charge in [-0.15, -0.1) is 22.7 Å². The summed E-state index contributed by atoms with van der Waals surface area (Å²) in [6.07, 6.45) is 6.82. The Hall–Kier alpha value is -0.710. The predicted octanol–water partition coefficient (Wildman–Crippen LogP) is 3.75. The summed E-state index contributed by atoms with van der Waals surface area (Å²) in [5, 5.41) is 5.74. The number of likely N-dealkylation sites (N-methyl/N-ethyl adjacent to an activating group) is 1. The molecule has 0 saturated carbocycles. The first-order chi connectivity index (χ1) is 8.88. The second kappa shape index (κ2) is 7.67. The summed E-state index contributed by atoms with van der Waals surface area (Å²) in [6, 6.07) is 4.96. The number of rotatable bonds is 8. The van der Waals surface area contributed by atoms with Crippen molar-refractivity contribution >= 4 is 22.7 Å². The SMILES string of the molecule is CCNC(CCCc1cccs1)Cc1cncs1. The maximum Gasteiger partial charge on any atom is 0.0794 e. The van der Waals surface area contributed by atoms with Crippen LogP contribution in [0, 0.1) is 0 Å². The maximum atomic E-state index is 4.15. The first-order valence-corrected chi connectivity index (χ1v) is 8.27. The number of nitrogens with one attached hydrogen (secondary N) is 1. The molecular weight excluding hydrogens is 260 g/mol. The molecule has 18 heavy (non-hydrogen) atoms. The van der Waals surface area contributed by atoms with Crippen molar-refractivity contribution < 1.29 is 0 Å². The lowest BCUT2D eigenvalue weighted by Crippen LogP contribution is -2.30. The fraction of sp³-hybridized carbons (Fsp3) is 0.500. The average molecular weight is 280 g/mol. The number of thiophene rings is 1. The molecular formula is C14H20N2S2. The third-order valence-corrected chi connectivity index (χ3v) is 4.72. The smallest absolute Gasteiger partial charge is 0.0794 e. The van der Waals surface area contributed by atoms with E-state index in [2.05, 4.69) is 34.7 Å². The Bertz CT molecular complexity index is 409. The van der Waals surface area contributed by atoms with E-state index in [0.29, 0.717) is 6.04 Å². The van der Waals surface area contributed by atoms with Gasteiger partial charge >= 0.3 is 0 Å². The lowest BCUT2D eigenvalue weighted by Gasteiger charge is -2.16. The van der Waals surface area contributed by atoms with E-state index >= 15 is 0 Å². The molecule has 2 nitrogen and oxygen atoms in total. The van der Waals surface area contributed by atoms with Crippen molar-refractivity contribution in [3.63, 3.8) is 0 Å². The molecule has 0 aliphatic rings. The third kappa shape index (κ3) is 4.52. The van der Waals surface area contributed by atoms with Crippen LogP contribution in [0.4, 0.5) is 0 Å². The van der Waals surface area contributed by atoms with Crippen LogP contribution >= 0.6 is 22.7 Å². The first kappa shape index (κ1) is 13.7. The van der Waals surface area contributed by atoms with Crippen LogP contribution < -0.4 is 5.32 Å². The largest absolute Gasteiger partial charge is 0.314 e. The Kier molecular flexibility index (Phi) is 5.84. The van der Waals surface area contributed by atoms with Crippen LogP contribution in [0.2, 0.25) is 0 Å². The van der Waals surface area contributed by atoms with Gasteiger partial charge in [-0.1, -0.05) is 13.0 Å². The standard InChI is InChI=1S/C14H20N2S2/c1-2-16-12(9-14-10-15-11-18-14)5-3-6-13-7-4-8-17-13/h4,7-8,10-12,16H,2-3,5-6,9H2,1H3. The molecule has 0 fully saturated rings. The van der Waals surface area contributed by atoms with Crippen molar-refractivity contribution in [2.45, 2.75) is 38.6 Å². The quantitative estimate of drug-likeness (QED) is 0.796. The van der Waals surface area contributed by atoms with E-state index in [1.54, 1.807) is 11.3 Å². The minimum Gasteiger partial charge on any atom is -0.314 e. The zero-order valence-electron chi connectivity index (χ0n) is 10.8. The summed E-state index contributed by atoms with van der Waals surface area (Å²) < 4.78 is 0. The molecule has 0 spiro atoms. The van der Waals surface area contributed by atoms with Crippen molar-refractivity contribution in [1.82, 2.24) is 10.3 Å². The highest BCUT2D eigenvalue weighted by Gasteiger charge is 2.09. The van der Waals surface area contributed by atoms with Gasteiger partial charge in [0.25, 0.3) is 0 Å². The molecule has 4 heteroatoms. The molecule has 0 aliphatic heterocycles. The fourth-order valence-corrected chi connectivity index (χ4v) is 3.56. The molecule has 2 rings (SSSR count). The van der Waals surface area contributed by atoms with Gasteiger partial charge in [-0.25, -0.2) is 0 Å². The lowest BCUT2D eigenvalue weighted by molar-refractivity contribution is 0.479. The van der Waals surface area contributed by atoms with Gasteiger partial charge in [0, 0.05) is 22.0 Å². The summed E-state index contributed by atoms with van der Waals surface area (Å²) >= 11 is 3.62. The molecule has 0 aromatic carbocycles. The molecule has 0 aliphatic carbocycles. The minimum atomic E-state index is 0.593. The summed E-state index contributed by atoms with van der Waals surface area (Å²) in [6.45, 7) is 3.22. The van der Waals surface area contributed by atoms with Crippen LogP contribution in [0.25, 0.3) is 0 Å². The molecule has 2 aromatic heterocycles. The van der Waals surface area contributed by atoms with Crippen molar-refractivity contribution in [1.29, 1.82) is 0 Å². The second-order valence-corrected chi connectivity index (χ2v) is 6.40. The van der Waals surface area contributed by atoms with Gasteiger partial charge in [-0.05, 0) is 43.7 Å². The Morgan fingerprint density at radius 2 is 2.28 bits per heavy atom. The van der Waals surface area contributed by atoms with Gasteiger partial charge in [0.15, 0.2) is 0 Å². The number of hydrogen-bond acceptors (Lipinski definition) is 4. The summed E-state index contributed by atoms with van der Waals surface area (Å²) in [5.74, 6) is 0. The number of thiazole rings is 1. The second-order valence-electron chi connectivity index (χ2n) is 4.40.